The van der Waals surface area contributed by atoms with Crippen LogP contribution in [0.1, 0.15) is 12.8 Å². The van der Waals surface area contributed by atoms with Crippen molar-refractivity contribution >= 4 is 5.91 Å². The van der Waals surface area contributed by atoms with Gasteiger partial charge in [-0.2, -0.15) is 0 Å². The van der Waals surface area contributed by atoms with E-state index < -0.39 is 0 Å². The molecule has 4 nitrogen and oxygen atoms in total. The van der Waals surface area contributed by atoms with Crippen LogP contribution in [0.15, 0.2) is 18.7 Å². The lowest BCUT2D eigenvalue weighted by Crippen LogP contribution is -2.17. The van der Waals surface area contributed by atoms with Crippen LogP contribution in [0.4, 0.5) is 0 Å². The number of aromatic nitrogens is 2. The van der Waals surface area contributed by atoms with Crippen LogP contribution in [-0.2, 0) is 11.3 Å². The van der Waals surface area contributed by atoms with Gasteiger partial charge in [0.2, 0.25) is 5.91 Å². The molecule has 0 saturated heterocycles. The molecule has 1 N–H and O–H groups in total. The molecule has 0 unspecified atom stereocenters. The Kier molecular flexibility index (Phi) is 3.32. The molecule has 1 rings (SSSR count). The van der Waals surface area contributed by atoms with Gasteiger partial charge in [0.05, 0.1) is 6.33 Å². The van der Waals surface area contributed by atoms with Crippen molar-refractivity contribution < 1.29 is 4.79 Å². The number of carbonyl (C=O) groups is 1. The fourth-order valence-electron chi connectivity index (χ4n) is 0.966. The van der Waals surface area contributed by atoms with Gasteiger partial charge in [0, 0.05) is 32.4 Å². The van der Waals surface area contributed by atoms with E-state index in [1.807, 2.05) is 10.8 Å². The maximum Gasteiger partial charge on any atom is 0.219 e. The Morgan fingerprint density at radius 3 is 3.08 bits per heavy atom. The summed E-state index contributed by atoms with van der Waals surface area (Å²) in [5.74, 6) is 0.0927. The molecule has 1 heterocycles. The molecule has 66 valence electrons. The van der Waals surface area contributed by atoms with Crippen molar-refractivity contribution in [2.45, 2.75) is 19.4 Å². The van der Waals surface area contributed by atoms with Gasteiger partial charge in [-0.1, -0.05) is 0 Å². The minimum absolute atomic E-state index is 0.0927. The second kappa shape index (κ2) is 4.54. The summed E-state index contributed by atoms with van der Waals surface area (Å²) in [4.78, 5) is 14.7. The average Bonchev–Trinajstić information content (AvgIpc) is 2.57. The predicted octanol–water partition coefficient (Wildman–Crippen LogP) is 0.409. The van der Waals surface area contributed by atoms with Gasteiger partial charge in [0.15, 0.2) is 0 Å². The molecule has 0 spiro atoms. The van der Waals surface area contributed by atoms with E-state index in [1.165, 1.54) is 0 Å². The number of hydrogen-bond donors (Lipinski definition) is 1. The van der Waals surface area contributed by atoms with Crippen molar-refractivity contribution in [2.75, 3.05) is 7.05 Å². The van der Waals surface area contributed by atoms with E-state index in [2.05, 4.69) is 10.3 Å². The van der Waals surface area contributed by atoms with Crippen LogP contribution >= 0.6 is 0 Å². The van der Waals surface area contributed by atoms with Crippen LogP contribution in [0.2, 0.25) is 0 Å². The topological polar surface area (TPSA) is 46.9 Å². The summed E-state index contributed by atoms with van der Waals surface area (Å²) in [6, 6.07) is 0. The fraction of sp³-hybridized carbons (Fsp3) is 0.500. The largest absolute Gasteiger partial charge is 0.359 e. The van der Waals surface area contributed by atoms with E-state index in [-0.39, 0.29) is 5.91 Å². The Labute approximate surface area is 71.6 Å². The van der Waals surface area contributed by atoms with Crippen LogP contribution in [0, 0.1) is 0 Å². The Morgan fingerprint density at radius 2 is 2.50 bits per heavy atom. The number of carbonyl (C=O) groups excluding carboxylic acids is 1. The third-order valence-electron chi connectivity index (χ3n) is 1.66. The van der Waals surface area contributed by atoms with Crippen molar-refractivity contribution in [3.8, 4) is 0 Å². The molecule has 1 aromatic rings. The molecule has 1 amide bonds. The summed E-state index contributed by atoms with van der Waals surface area (Å²) in [6.07, 6.45) is 6.82. The number of rotatable bonds is 4. The minimum Gasteiger partial charge on any atom is -0.359 e. The highest BCUT2D eigenvalue weighted by atomic mass is 16.1. The van der Waals surface area contributed by atoms with Gasteiger partial charge >= 0.3 is 0 Å². The first-order valence-corrected chi connectivity index (χ1v) is 3.99. The number of hydrogen-bond acceptors (Lipinski definition) is 2. The molecule has 0 aliphatic rings. The third-order valence-corrected chi connectivity index (χ3v) is 1.66. The molecular weight excluding hydrogens is 154 g/mol. The van der Waals surface area contributed by atoms with E-state index in [9.17, 15) is 4.79 Å². The maximum atomic E-state index is 10.8. The lowest BCUT2D eigenvalue weighted by Gasteiger charge is -2.00. The predicted molar refractivity (Wildman–Crippen MR) is 45.5 cm³/mol. The summed E-state index contributed by atoms with van der Waals surface area (Å²) in [6.45, 7) is 0.855. The molecule has 0 aromatic carbocycles. The first-order valence-electron chi connectivity index (χ1n) is 3.99. The number of imidazole rings is 1. The van der Waals surface area contributed by atoms with Crippen molar-refractivity contribution in [3.05, 3.63) is 18.7 Å². The Bertz CT molecular complexity index is 230. The highest BCUT2D eigenvalue weighted by Gasteiger charge is 1.96. The lowest BCUT2D eigenvalue weighted by atomic mass is 10.3. The second-order valence-electron chi connectivity index (χ2n) is 2.58. The molecule has 4 heteroatoms. The zero-order valence-corrected chi connectivity index (χ0v) is 7.16. The van der Waals surface area contributed by atoms with Crippen LogP contribution < -0.4 is 5.32 Å². The minimum atomic E-state index is 0.0927. The molecule has 0 saturated carbocycles. The summed E-state index contributed by atoms with van der Waals surface area (Å²) >= 11 is 0. The van der Waals surface area contributed by atoms with Crippen LogP contribution in [0.5, 0.6) is 0 Å². The van der Waals surface area contributed by atoms with Gasteiger partial charge in [-0.3, -0.25) is 4.79 Å². The lowest BCUT2D eigenvalue weighted by molar-refractivity contribution is -0.120. The van der Waals surface area contributed by atoms with Crippen LogP contribution in [0.3, 0.4) is 0 Å². The molecule has 0 aliphatic carbocycles. The van der Waals surface area contributed by atoms with Crippen molar-refractivity contribution in [1.82, 2.24) is 14.9 Å². The van der Waals surface area contributed by atoms with E-state index in [4.69, 9.17) is 0 Å². The number of amides is 1. The zero-order chi connectivity index (χ0) is 8.81. The van der Waals surface area contributed by atoms with E-state index >= 15 is 0 Å². The van der Waals surface area contributed by atoms with Crippen molar-refractivity contribution in [3.63, 3.8) is 0 Å². The van der Waals surface area contributed by atoms with Gasteiger partial charge in [0.1, 0.15) is 0 Å². The summed E-state index contributed by atoms with van der Waals surface area (Å²) in [5.41, 5.74) is 0. The summed E-state index contributed by atoms with van der Waals surface area (Å²) in [5, 5.41) is 2.58. The summed E-state index contributed by atoms with van der Waals surface area (Å²) < 4.78 is 1.96. The number of aryl methyl sites for hydroxylation is 1. The standard InChI is InChI=1S/C8H13N3O/c1-9-8(12)3-2-5-11-6-4-10-7-11/h4,6-7H,2-3,5H2,1H3,(H,9,12). The smallest absolute Gasteiger partial charge is 0.219 e. The van der Waals surface area contributed by atoms with Gasteiger partial charge in [-0.25, -0.2) is 4.98 Å². The number of nitrogens with zero attached hydrogens (tertiary/aromatic N) is 2. The van der Waals surface area contributed by atoms with Crippen LogP contribution in [0.25, 0.3) is 0 Å². The molecule has 0 fully saturated rings. The monoisotopic (exact) mass is 167 g/mol. The maximum absolute atomic E-state index is 10.8. The Morgan fingerprint density at radius 1 is 1.67 bits per heavy atom. The Balaban J connectivity index is 2.15. The van der Waals surface area contributed by atoms with Gasteiger partial charge in [-0.15, -0.1) is 0 Å². The zero-order valence-electron chi connectivity index (χ0n) is 7.16. The van der Waals surface area contributed by atoms with E-state index in [0.717, 1.165) is 13.0 Å². The van der Waals surface area contributed by atoms with E-state index in [1.54, 1.807) is 19.6 Å². The number of nitrogens with one attached hydrogen (secondary N) is 1. The fourth-order valence-corrected chi connectivity index (χ4v) is 0.966. The highest BCUT2D eigenvalue weighted by molar-refractivity contribution is 5.75. The summed E-state index contributed by atoms with van der Waals surface area (Å²) in [7, 11) is 1.65. The van der Waals surface area contributed by atoms with Gasteiger partial charge < -0.3 is 9.88 Å². The quantitative estimate of drug-likeness (QED) is 0.706. The van der Waals surface area contributed by atoms with Crippen molar-refractivity contribution in [1.29, 1.82) is 0 Å². The third kappa shape index (κ3) is 2.74. The molecular formula is C8H13N3O. The molecule has 0 bridgehead atoms. The van der Waals surface area contributed by atoms with Gasteiger partial charge in [0.25, 0.3) is 0 Å². The SMILES string of the molecule is CNC(=O)CCCn1ccnc1. The van der Waals surface area contributed by atoms with Gasteiger partial charge in [-0.05, 0) is 6.42 Å². The molecule has 12 heavy (non-hydrogen) atoms. The first-order chi connectivity index (χ1) is 5.83. The van der Waals surface area contributed by atoms with Crippen molar-refractivity contribution in [2.24, 2.45) is 0 Å². The van der Waals surface area contributed by atoms with E-state index in [0.29, 0.717) is 6.42 Å². The second-order valence-corrected chi connectivity index (χ2v) is 2.58. The highest BCUT2D eigenvalue weighted by Crippen LogP contribution is 1.94. The van der Waals surface area contributed by atoms with Crippen LogP contribution in [-0.4, -0.2) is 22.5 Å². The molecule has 0 aliphatic heterocycles. The molecule has 0 radical (unpaired) electrons. The molecule has 0 atom stereocenters. The molecule has 1 aromatic heterocycles. The average molecular weight is 167 g/mol. The Hall–Kier alpha value is -1.32. The normalized spacial score (nSPS) is 9.75. The first kappa shape index (κ1) is 8.77.